The van der Waals surface area contributed by atoms with Gasteiger partial charge in [-0.2, -0.15) is 0 Å². The van der Waals surface area contributed by atoms with Crippen molar-refractivity contribution in [3.05, 3.63) is 109 Å². The monoisotopic (exact) mass is 1140 g/mol. The first kappa shape index (κ1) is 78.1. The lowest BCUT2D eigenvalue weighted by molar-refractivity contribution is -0.167. The third-order valence-corrected chi connectivity index (χ3v) is 15.0. The summed E-state index contributed by atoms with van der Waals surface area (Å²) in [5, 5.41) is 0. The van der Waals surface area contributed by atoms with Gasteiger partial charge in [-0.25, -0.2) is 0 Å². The fourth-order valence-electron chi connectivity index (χ4n) is 9.81. The number of unbranched alkanes of at least 4 members (excludes halogenated alkanes) is 34. The third-order valence-electron chi connectivity index (χ3n) is 15.0. The molecule has 6 nitrogen and oxygen atoms in total. The van der Waals surface area contributed by atoms with Gasteiger partial charge < -0.3 is 14.2 Å². The van der Waals surface area contributed by atoms with E-state index in [4.69, 9.17) is 14.2 Å². The van der Waals surface area contributed by atoms with Crippen molar-refractivity contribution in [1.82, 2.24) is 0 Å². The van der Waals surface area contributed by atoms with Crippen LogP contribution < -0.4 is 0 Å². The second-order valence-electron chi connectivity index (χ2n) is 23.1. The molecule has 0 aromatic carbocycles. The summed E-state index contributed by atoms with van der Waals surface area (Å²) < 4.78 is 17.0. The van der Waals surface area contributed by atoms with Crippen molar-refractivity contribution in [1.29, 1.82) is 0 Å². The van der Waals surface area contributed by atoms with Crippen molar-refractivity contribution in [2.24, 2.45) is 0 Å². The topological polar surface area (TPSA) is 78.9 Å². The van der Waals surface area contributed by atoms with Crippen molar-refractivity contribution in [2.75, 3.05) is 13.2 Å². The summed E-state index contributed by atoms with van der Waals surface area (Å²) in [6, 6.07) is 0. The van der Waals surface area contributed by atoms with E-state index in [2.05, 4.69) is 130 Å². The Morgan fingerprint density at radius 3 is 0.756 bits per heavy atom. The van der Waals surface area contributed by atoms with E-state index in [1.54, 1.807) is 0 Å². The van der Waals surface area contributed by atoms with Crippen LogP contribution in [0.25, 0.3) is 0 Å². The zero-order chi connectivity index (χ0) is 59.2. The minimum atomic E-state index is -0.784. The average molecular weight is 1140 g/mol. The number of esters is 3. The Morgan fingerprint density at radius 1 is 0.256 bits per heavy atom. The largest absolute Gasteiger partial charge is 0.462 e. The molecule has 0 aromatic heterocycles. The Labute approximate surface area is 508 Å². The highest BCUT2D eigenvalue weighted by Crippen LogP contribution is 2.17. The van der Waals surface area contributed by atoms with E-state index < -0.39 is 6.10 Å². The van der Waals surface area contributed by atoms with E-state index in [0.717, 1.165) is 116 Å². The van der Waals surface area contributed by atoms with Gasteiger partial charge in [0.25, 0.3) is 0 Å². The molecule has 0 aliphatic carbocycles. The van der Waals surface area contributed by atoms with Crippen LogP contribution in [-0.2, 0) is 28.6 Å². The Balaban J connectivity index is 4.28. The molecule has 0 aromatic rings. The maximum atomic E-state index is 12.9. The minimum absolute atomic E-state index is 0.0788. The maximum Gasteiger partial charge on any atom is 0.306 e. The first-order valence-electron chi connectivity index (χ1n) is 34.9. The van der Waals surface area contributed by atoms with E-state index in [0.29, 0.717) is 19.3 Å². The lowest BCUT2D eigenvalue weighted by Gasteiger charge is -2.18. The fourth-order valence-corrected chi connectivity index (χ4v) is 9.81. The molecular weight excluding hydrogens is 1010 g/mol. The van der Waals surface area contributed by atoms with Crippen LogP contribution in [0.3, 0.4) is 0 Å². The van der Waals surface area contributed by atoms with Crippen LogP contribution in [0.1, 0.15) is 335 Å². The predicted molar refractivity (Wildman–Crippen MR) is 357 cm³/mol. The highest BCUT2D eigenvalue weighted by molar-refractivity contribution is 5.71. The number of allylic oxidation sites excluding steroid dienone is 18. The molecule has 470 valence electrons. The van der Waals surface area contributed by atoms with Crippen LogP contribution in [0.15, 0.2) is 109 Å². The molecule has 0 N–H and O–H groups in total. The second-order valence-corrected chi connectivity index (χ2v) is 23.1. The van der Waals surface area contributed by atoms with Gasteiger partial charge in [-0.1, -0.05) is 316 Å². The van der Waals surface area contributed by atoms with Gasteiger partial charge in [0.05, 0.1) is 0 Å². The van der Waals surface area contributed by atoms with Gasteiger partial charge >= 0.3 is 17.9 Å². The standard InChI is InChI=1S/C76H130O6/c1-4-7-10-13-16-19-22-25-27-29-31-32-33-34-35-36-37-38-39-40-41-42-43-44-45-47-48-51-54-57-60-63-66-69-75(78)81-72-73(71-80-74(77)68-65-62-59-56-53-50-24-21-18-15-12-9-6-3)82-76(79)70-67-64-61-58-55-52-49-46-30-28-26-23-20-17-14-11-8-5-2/h7,10,16,19,25,27-28,30-32,34-35,37-38,40-41,43-44,73H,4-6,8-9,11-15,17-18,20-24,26,29,33,36,39,42,45-72H2,1-3H3/b10-7-,19-16-,27-25-,30-28-,32-31-,35-34-,38-37-,41-40-,44-43-. The van der Waals surface area contributed by atoms with Crippen LogP contribution in [0.5, 0.6) is 0 Å². The summed E-state index contributed by atoms with van der Waals surface area (Å²) in [5.41, 5.74) is 0. The quantitative estimate of drug-likeness (QED) is 0.0261. The van der Waals surface area contributed by atoms with E-state index in [1.165, 1.54) is 180 Å². The number of ether oxygens (including phenoxy) is 3. The molecule has 0 bridgehead atoms. The van der Waals surface area contributed by atoms with Gasteiger partial charge in [-0.15, -0.1) is 0 Å². The second kappa shape index (κ2) is 69.6. The molecule has 82 heavy (non-hydrogen) atoms. The SMILES string of the molecule is CC/C=C\C/C=C\C/C=C\C/C=C\C/C=C\C/C=C\C/C=C\C/C=C\CCCCCCCCCCC(=O)OCC(COC(=O)CCCCCCCCCCCCCCC)OC(=O)CCCCCCCCC/C=C\CCCCCCCCC. The number of hydrogen-bond acceptors (Lipinski definition) is 6. The number of hydrogen-bond donors (Lipinski definition) is 0. The van der Waals surface area contributed by atoms with Crippen molar-refractivity contribution in [2.45, 2.75) is 341 Å². The van der Waals surface area contributed by atoms with E-state index in [1.807, 2.05) is 0 Å². The molecule has 0 amide bonds. The van der Waals surface area contributed by atoms with Crippen LogP contribution >= 0.6 is 0 Å². The highest BCUT2D eigenvalue weighted by atomic mass is 16.6. The molecule has 0 aliphatic heterocycles. The molecule has 6 heteroatoms. The maximum absolute atomic E-state index is 12.9. The molecule has 0 spiro atoms. The molecular formula is C76H130O6. The lowest BCUT2D eigenvalue weighted by Crippen LogP contribution is -2.30. The van der Waals surface area contributed by atoms with Gasteiger partial charge in [-0.3, -0.25) is 14.4 Å². The number of carbonyl (C=O) groups is 3. The Bertz CT molecular complexity index is 1640. The Morgan fingerprint density at radius 2 is 0.476 bits per heavy atom. The lowest BCUT2D eigenvalue weighted by atomic mass is 10.0. The van der Waals surface area contributed by atoms with Crippen LogP contribution in [0.4, 0.5) is 0 Å². The van der Waals surface area contributed by atoms with E-state index in [-0.39, 0.29) is 31.1 Å². The summed E-state index contributed by atoms with van der Waals surface area (Å²) in [7, 11) is 0. The summed E-state index contributed by atoms with van der Waals surface area (Å²) in [4.78, 5) is 38.4. The minimum Gasteiger partial charge on any atom is -0.462 e. The molecule has 1 unspecified atom stereocenters. The van der Waals surface area contributed by atoms with Crippen molar-refractivity contribution < 1.29 is 28.6 Å². The van der Waals surface area contributed by atoms with Crippen LogP contribution in [0.2, 0.25) is 0 Å². The summed E-state index contributed by atoms with van der Waals surface area (Å²) in [6.45, 7) is 6.55. The van der Waals surface area contributed by atoms with Gasteiger partial charge in [0.1, 0.15) is 13.2 Å². The van der Waals surface area contributed by atoms with Crippen molar-refractivity contribution in [3.63, 3.8) is 0 Å². The molecule has 0 rings (SSSR count). The molecule has 0 radical (unpaired) electrons. The zero-order valence-corrected chi connectivity index (χ0v) is 54.0. The average Bonchev–Trinajstić information content (AvgIpc) is 3.47. The first-order chi connectivity index (χ1) is 40.5. The van der Waals surface area contributed by atoms with Gasteiger partial charge in [0.15, 0.2) is 6.10 Å². The third kappa shape index (κ3) is 66.9. The van der Waals surface area contributed by atoms with E-state index >= 15 is 0 Å². The molecule has 0 heterocycles. The summed E-state index contributed by atoms with van der Waals surface area (Å²) >= 11 is 0. The molecule has 0 saturated heterocycles. The summed E-state index contributed by atoms with van der Waals surface area (Å²) in [5.74, 6) is -0.878. The van der Waals surface area contributed by atoms with Crippen LogP contribution in [-0.4, -0.2) is 37.2 Å². The highest BCUT2D eigenvalue weighted by Gasteiger charge is 2.19. The molecule has 0 aliphatic rings. The van der Waals surface area contributed by atoms with Crippen molar-refractivity contribution >= 4 is 17.9 Å². The normalized spacial score (nSPS) is 12.8. The number of carbonyl (C=O) groups excluding carboxylic acids is 3. The van der Waals surface area contributed by atoms with Crippen LogP contribution in [0, 0.1) is 0 Å². The first-order valence-corrected chi connectivity index (χ1v) is 34.9. The predicted octanol–water partition coefficient (Wildman–Crippen LogP) is 24.2. The van der Waals surface area contributed by atoms with E-state index in [9.17, 15) is 14.4 Å². The zero-order valence-electron chi connectivity index (χ0n) is 54.0. The molecule has 0 saturated carbocycles. The Hall–Kier alpha value is -3.93. The Kier molecular flexibility index (Phi) is 66.2. The van der Waals surface area contributed by atoms with Gasteiger partial charge in [-0.05, 0) is 109 Å². The van der Waals surface area contributed by atoms with Gasteiger partial charge in [0, 0.05) is 19.3 Å². The fraction of sp³-hybridized carbons (Fsp3) is 0.724. The van der Waals surface area contributed by atoms with Crippen molar-refractivity contribution in [3.8, 4) is 0 Å². The molecule has 1 atom stereocenters. The summed E-state index contributed by atoms with van der Waals surface area (Å²) in [6.07, 6.45) is 95.3. The molecule has 0 fully saturated rings. The smallest absolute Gasteiger partial charge is 0.306 e. The number of rotatable bonds is 63. The van der Waals surface area contributed by atoms with Gasteiger partial charge in [0.2, 0.25) is 0 Å².